The van der Waals surface area contributed by atoms with Crippen molar-refractivity contribution in [2.75, 3.05) is 0 Å². The molecule has 1 aromatic carbocycles. The standard InChI is InChI=1S/C10H7ClN2O/c11-8-4-9-7(3-10(8)14)6(1-2-12)5-13-9/h3-5,13-14H,1H2. The fourth-order valence-electron chi connectivity index (χ4n) is 1.42. The molecule has 70 valence electrons. The molecule has 3 nitrogen and oxygen atoms in total. The Balaban J connectivity index is 2.69. The van der Waals surface area contributed by atoms with Crippen molar-refractivity contribution >= 4 is 22.5 Å². The van der Waals surface area contributed by atoms with E-state index in [0.29, 0.717) is 11.4 Å². The van der Waals surface area contributed by atoms with Crippen LogP contribution >= 0.6 is 11.6 Å². The molecule has 0 bridgehead atoms. The Bertz CT molecular complexity index is 525. The Labute approximate surface area is 85.5 Å². The second kappa shape index (κ2) is 3.24. The summed E-state index contributed by atoms with van der Waals surface area (Å²) in [5, 5.41) is 19.1. The van der Waals surface area contributed by atoms with Crippen LogP contribution in [0.1, 0.15) is 5.56 Å². The minimum Gasteiger partial charge on any atom is -0.506 e. The summed E-state index contributed by atoms with van der Waals surface area (Å²) in [6.45, 7) is 0. The summed E-state index contributed by atoms with van der Waals surface area (Å²) in [6.07, 6.45) is 2.07. The number of benzene rings is 1. The smallest absolute Gasteiger partial charge is 0.134 e. The van der Waals surface area contributed by atoms with Gasteiger partial charge in [0.2, 0.25) is 0 Å². The Morgan fingerprint density at radius 1 is 1.50 bits per heavy atom. The van der Waals surface area contributed by atoms with Crippen LogP contribution in [0.2, 0.25) is 5.02 Å². The number of nitrogens with zero attached hydrogens (tertiary/aromatic N) is 1. The summed E-state index contributed by atoms with van der Waals surface area (Å²) >= 11 is 5.74. The minimum absolute atomic E-state index is 0.0398. The van der Waals surface area contributed by atoms with Crippen molar-refractivity contribution in [2.24, 2.45) is 0 Å². The van der Waals surface area contributed by atoms with Gasteiger partial charge in [-0.25, -0.2) is 0 Å². The fourth-order valence-corrected chi connectivity index (χ4v) is 1.58. The largest absolute Gasteiger partial charge is 0.506 e. The van der Waals surface area contributed by atoms with Crippen LogP contribution in [-0.4, -0.2) is 10.1 Å². The van der Waals surface area contributed by atoms with Gasteiger partial charge in [0.25, 0.3) is 0 Å². The normalized spacial score (nSPS) is 10.3. The first-order valence-electron chi connectivity index (χ1n) is 4.08. The van der Waals surface area contributed by atoms with Crippen LogP contribution < -0.4 is 0 Å². The minimum atomic E-state index is 0.0398. The number of aromatic nitrogens is 1. The average molecular weight is 207 g/mol. The molecule has 0 amide bonds. The van der Waals surface area contributed by atoms with Gasteiger partial charge in [-0.05, 0) is 17.7 Å². The number of nitrogens with one attached hydrogen (secondary N) is 1. The number of halogens is 1. The zero-order valence-electron chi connectivity index (χ0n) is 7.21. The van der Waals surface area contributed by atoms with E-state index < -0.39 is 0 Å². The molecule has 0 aliphatic heterocycles. The van der Waals surface area contributed by atoms with Crippen molar-refractivity contribution in [3.8, 4) is 11.8 Å². The summed E-state index contributed by atoms with van der Waals surface area (Å²) < 4.78 is 0. The highest BCUT2D eigenvalue weighted by molar-refractivity contribution is 6.32. The molecule has 2 rings (SSSR count). The molecule has 1 heterocycles. The maximum atomic E-state index is 9.40. The number of phenolic OH excluding ortho intramolecular Hbond substituents is 1. The van der Waals surface area contributed by atoms with E-state index in [9.17, 15) is 5.11 Å². The molecular weight excluding hydrogens is 200 g/mol. The number of phenols is 1. The highest BCUT2D eigenvalue weighted by Crippen LogP contribution is 2.30. The highest BCUT2D eigenvalue weighted by Gasteiger charge is 2.06. The van der Waals surface area contributed by atoms with Crippen LogP contribution in [0, 0.1) is 11.3 Å². The summed E-state index contributed by atoms with van der Waals surface area (Å²) in [5.41, 5.74) is 1.70. The van der Waals surface area contributed by atoms with E-state index in [4.69, 9.17) is 16.9 Å². The first-order chi connectivity index (χ1) is 6.72. The molecule has 0 fully saturated rings. The first kappa shape index (κ1) is 8.92. The molecule has 0 spiro atoms. The summed E-state index contributed by atoms with van der Waals surface area (Å²) in [7, 11) is 0. The van der Waals surface area contributed by atoms with E-state index in [1.54, 1.807) is 18.3 Å². The molecule has 4 heteroatoms. The fraction of sp³-hybridized carbons (Fsp3) is 0.100. The van der Waals surface area contributed by atoms with Gasteiger partial charge in [0.05, 0.1) is 17.5 Å². The lowest BCUT2D eigenvalue weighted by atomic mass is 10.1. The Morgan fingerprint density at radius 3 is 3.00 bits per heavy atom. The van der Waals surface area contributed by atoms with Gasteiger partial charge in [0.15, 0.2) is 0 Å². The summed E-state index contributed by atoms with van der Waals surface area (Å²) in [5.74, 6) is 0.0398. The summed E-state index contributed by atoms with van der Waals surface area (Å²) in [6, 6.07) is 5.28. The number of hydrogen-bond acceptors (Lipinski definition) is 2. The van der Waals surface area contributed by atoms with Gasteiger partial charge >= 0.3 is 0 Å². The van der Waals surface area contributed by atoms with Crippen LogP contribution in [0.4, 0.5) is 0 Å². The van der Waals surface area contributed by atoms with Crippen LogP contribution in [0.25, 0.3) is 10.9 Å². The van der Waals surface area contributed by atoms with Crippen LogP contribution in [-0.2, 0) is 6.42 Å². The molecule has 0 aliphatic carbocycles. The van der Waals surface area contributed by atoms with Crippen molar-refractivity contribution in [1.82, 2.24) is 4.98 Å². The molecule has 14 heavy (non-hydrogen) atoms. The van der Waals surface area contributed by atoms with Gasteiger partial charge in [0, 0.05) is 17.1 Å². The van der Waals surface area contributed by atoms with Gasteiger partial charge < -0.3 is 10.1 Å². The van der Waals surface area contributed by atoms with Gasteiger partial charge in [0.1, 0.15) is 5.75 Å². The molecule has 0 unspecified atom stereocenters. The molecule has 0 saturated heterocycles. The van der Waals surface area contributed by atoms with Crippen molar-refractivity contribution < 1.29 is 5.11 Å². The predicted octanol–water partition coefficient (Wildman–Crippen LogP) is 2.59. The Hall–Kier alpha value is -1.66. The third-order valence-corrected chi connectivity index (χ3v) is 2.41. The third-order valence-electron chi connectivity index (χ3n) is 2.10. The van der Waals surface area contributed by atoms with Gasteiger partial charge in [-0.15, -0.1) is 0 Å². The highest BCUT2D eigenvalue weighted by atomic mass is 35.5. The van der Waals surface area contributed by atoms with E-state index in [1.165, 1.54) is 0 Å². The topological polar surface area (TPSA) is 59.8 Å². The Kier molecular flexibility index (Phi) is 2.06. The lowest BCUT2D eigenvalue weighted by molar-refractivity contribution is 0.476. The molecular formula is C10H7ClN2O. The van der Waals surface area contributed by atoms with Crippen molar-refractivity contribution in [3.63, 3.8) is 0 Å². The number of rotatable bonds is 1. The van der Waals surface area contributed by atoms with Gasteiger partial charge in [-0.3, -0.25) is 0 Å². The number of aromatic amines is 1. The molecule has 2 aromatic rings. The SMILES string of the molecule is N#CCc1c[nH]c2cc(Cl)c(O)cc12. The van der Waals surface area contributed by atoms with E-state index in [0.717, 1.165) is 16.5 Å². The van der Waals surface area contributed by atoms with E-state index >= 15 is 0 Å². The van der Waals surface area contributed by atoms with E-state index in [2.05, 4.69) is 11.1 Å². The lowest BCUT2D eigenvalue weighted by Gasteiger charge is -1.97. The monoisotopic (exact) mass is 206 g/mol. The summed E-state index contributed by atoms with van der Waals surface area (Å²) in [4.78, 5) is 2.99. The quantitative estimate of drug-likeness (QED) is 0.754. The van der Waals surface area contributed by atoms with Gasteiger partial charge in [-0.1, -0.05) is 11.6 Å². The molecule has 0 atom stereocenters. The molecule has 1 aromatic heterocycles. The molecule has 0 aliphatic rings. The number of nitriles is 1. The first-order valence-corrected chi connectivity index (χ1v) is 4.45. The lowest BCUT2D eigenvalue weighted by Crippen LogP contribution is -1.77. The second-order valence-electron chi connectivity index (χ2n) is 3.00. The number of aromatic hydroxyl groups is 1. The maximum Gasteiger partial charge on any atom is 0.134 e. The number of hydrogen-bond donors (Lipinski definition) is 2. The number of fused-ring (bicyclic) bond motifs is 1. The van der Waals surface area contributed by atoms with Crippen LogP contribution in [0.3, 0.4) is 0 Å². The van der Waals surface area contributed by atoms with Crippen LogP contribution in [0.15, 0.2) is 18.3 Å². The van der Waals surface area contributed by atoms with Crippen LogP contribution in [0.5, 0.6) is 5.75 Å². The van der Waals surface area contributed by atoms with E-state index in [-0.39, 0.29) is 5.75 Å². The third kappa shape index (κ3) is 1.30. The maximum absolute atomic E-state index is 9.40. The second-order valence-corrected chi connectivity index (χ2v) is 3.41. The van der Waals surface area contributed by atoms with Crippen molar-refractivity contribution in [2.45, 2.75) is 6.42 Å². The van der Waals surface area contributed by atoms with E-state index in [1.807, 2.05) is 0 Å². The molecule has 0 radical (unpaired) electrons. The molecule has 2 N–H and O–H groups in total. The average Bonchev–Trinajstić information content (AvgIpc) is 2.51. The zero-order valence-corrected chi connectivity index (χ0v) is 7.97. The predicted molar refractivity (Wildman–Crippen MR) is 54.3 cm³/mol. The zero-order chi connectivity index (χ0) is 10.1. The Morgan fingerprint density at radius 2 is 2.29 bits per heavy atom. The van der Waals surface area contributed by atoms with Crippen molar-refractivity contribution in [3.05, 3.63) is 28.9 Å². The van der Waals surface area contributed by atoms with Crippen molar-refractivity contribution in [1.29, 1.82) is 5.26 Å². The number of H-pyrrole nitrogens is 1. The molecule has 0 saturated carbocycles. The van der Waals surface area contributed by atoms with Gasteiger partial charge in [-0.2, -0.15) is 5.26 Å².